The van der Waals surface area contributed by atoms with Crippen LogP contribution in [-0.2, 0) is 12.8 Å². The van der Waals surface area contributed by atoms with Gasteiger partial charge in [-0.3, -0.25) is 0 Å². The van der Waals surface area contributed by atoms with Crippen LogP contribution in [0.2, 0.25) is 5.02 Å². The Balaban J connectivity index is 1.71. The van der Waals surface area contributed by atoms with E-state index in [1.165, 1.54) is 24.8 Å². The molecule has 2 fully saturated rings. The Labute approximate surface area is 124 Å². The highest BCUT2D eigenvalue weighted by molar-refractivity contribution is 6.30. The van der Waals surface area contributed by atoms with Crippen molar-refractivity contribution in [3.05, 3.63) is 28.3 Å². The summed E-state index contributed by atoms with van der Waals surface area (Å²) < 4.78 is 5.80. The molecule has 3 heteroatoms. The van der Waals surface area contributed by atoms with Gasteiger partial charge in [0.05, 0.1) is 18.1 Å². The van der Waals surface area contributed by atoms with Gasteiger partial charge < -0.3 is 4.74 Å². The van der Waals surface area contributed by atoms with Crippen LogP contribution in [0.3, 0.4) is 0 Å². The smallest absolute Gasteiger partial charge is 0.125 e. The number of nitrogens with zero attached hydrogens (tertiary/aromatic N) is 1. The van der Waals surface area contributed by atoms with E-state index in [0.29, 0.717) is 5.92 Å². The van der Waals surface area contributed by atoms with Gasteiger partial charge in [-0.25, -0.2) is 0 Å². The zero-order valence-electron chi connectivity index (χ0n) is 11.5. The van der Waals surface area contributed by atoms with Crippen LogP contribution in [0, 0.1) is 28.6 Å². The molecule has 20 heavy (non-hydrogen) atoms. The topological polar surface area (TPSA) is 33.0 Å². The highest BCUT2D eigenvalue weighted by Gasteiger charge is 2.51. The van der Waals surface area contributed by atoms with Gasteiger partial charge in [0.2, 0.25) is 0 Å². The van der Waals surface area contributed by atoms with E-state index in [0.717, 1.165) is 48.1 Å². The van der Waals surface area contributed by atoms with Crippen molar-refractivity contribution in [2.45, 2.75) is 38.5 Å². The van der Waals surface area contributed by atoms with E-state index in [4.69, 9.17) is 16.3 Å². The summed E-state index contributed by atoms with van der Waals surface area (Å²) in [5.41, 5.74) is 2.19. The second-order valence-corrected chi connectivity index (χ2v) is 7.11. The van der Waals surface area contributed by atoms with Crippen LogP contribution >= 0.6 is 11.6 Å². The van der Waals surface area contributed by atoms with E-state index in [9.17, 15) is 5.26 Å². The zero-order chi connectivity index (χ0) is 13.7. The summed E-state index contributed by atoms with van der Waals surface area (Å²) in [6, 6.07) is 6.69. The normalized spacial score (nSPS) is 33.8. The van der Waals surface area contributed by atoms with Crippen molar-refractivity contribution >= 4 is 11.6 Å². The summed E-state index contributed by atoms with van der Waals surface area (Å²) in [7, 11) is 0. The van der Waals surface area contributed by atoms with Gasteiger partial charge in [-0.2, -0.15) is 5.26 Å². The van der Waals surface area contributed by atoms with Crippen LogP contribution in [0.4, 0.5) is 0 Å². The fourth-order valence-electron chi connectivity index (χ4n) is 4.65. The molecule has 1 aromatic carbocycles. The monoisotopic (exact) mass is 287 g/mol. The van der Waals surface area contributed by atoms with Crippen molar-refractivity contribution in [3.8, 4) is 11.8 Å². The highest BCUT2D eigenvalue weighted by Crippen LogP contribution is 2.57. The molecule has 2 aliphatic carbocycles. The van der Waals surface area contributed by atoms with Crippen molar-refractivity contribution < 1.29 is 4.74 Å². The maximum absolute atomic E-state index is 9.79. The molecule has 0 amide bonds. The standard InChI is InChI=1S/C17H18ClNO/c18-15-6-12-3-4-20-16(12)13(7-15)9-17(10-19)8-11-1-2-14(17)5-11/h6-7,11,14H,1-5,8-9H2. The van der Waals surface area contributed by atoms with Gasteiger partial charge in [0.25, 0.3) is 0 Å². The molecule has 2 nitrogen and oxygen atoms in total. The van der Waals surface area contributed by atoms with E-state index < -0.39 is 0 Å². The molecular weight excluding hydrogens is 270 g/mol. The lowest BCUT2D eigenvalue weighted by Crippen LogP contribution is -2.28. The average Bonchev–Trinajstić information content (AvgIpc) is 3.12. The molecule has 3 atom stereocenters. The van der Waals surface area contributed by atoms with Gasteiger partial charge in [-0.15, -0.1) is 0 Å². The van der Waals surface area contributed by atoms with Gasteiger partial charge in [-0.1, -0.05) is 18.0 Å². The van der Waals surface area contributed by atoms with Crippen molar-refractivity contribution in [1.29, 1.82) is 5.26 Å². The molecular formula is C17H18ClNO. The Morgan fingerprint density at radius 2 is 2.30 bits per heavy atom. The van der Waals surface area contributed by atoms with Crippen LogP contribution in [0.5, 0.6) is 5.75 Å². The van der Waals surface area contributed by atoms with Crippen molar-refractivity contribution in [3.63, 3.8) is 0 Å². The minimum Gasteiger partial charge on any atom is -0.493 e. The fourth-order valence-corrected chi connectivity index (χ4v) is 4.92. The molecule has 0 radical (unpaired) electrons. The number of fused-ring (bicyclic) bond motifs is 3. The Morgan fingerprint density at radius 3 is 3.00 bits per heavy atom. The maximum Gasteiger partial charge on any atom is 0.125 e. The molecule has 1 heterocycles. The van der Waals surface area contributed by atoms with Gasteiger partial charge in [0.1, 0.15) is 5.75 Å². The highest BCUT2D eigenvalue weighted by atomic mass is 35.5. The lowest BCUT2D eigenvalue weighted by molar-refractivity contribution is 0.236. The minimum absolute atomic E-state index is 0.173. The molecule has 0 saturated heterocycles. The lowest BCUT2D eigenvalue weighted by Gasteiger charge is -2.31. The van der Waals surface area contributed by atoms with Crippen LogP contribution in [-0.4, -0.2) is 6.61 Å². The van der Waals surface area contributed by atoms with Crippen LogP contribution < -0.4 is 4.74 Å². The third-order valence-corrected chi connectivity index (χ3v) is 5.75. The SMILES string of the molecule is N#CC1(Cc2cc(Cl)cc3c2OCC3)CC2CCC1C2. The zero-order valence-corrected chi connectivity index (χ0v) is 12.2. The fraction of sp³-hybridized carbons (Fsp3) is 0.588. The third-order valence-electron chi connectivity index (χ3n) is 5.53. The number of hydrogen-bond donors (Lipinski definition) is 0. The summed E-state index contributed by atoms with van der Waals surface area (Å²) in [5.74, 6) is 2.35. The van der Waals surface area contributed by atoms with Gasteiger partial charge in [0.15, 0.2) is 0 Å². The van der Waals surface area contributed by atoms with E-state index in [-0.39, 0.29) is 5.41 Å². The molecule has 1 aliphatic heterocycles. The summed E-state index contributed by atoms with van der Waals surface area (Å²) in [4.78, 5) is 0. The second kappa shape index (κ2) is 4.40. The first-order valence-corrected chi connectivity index (χ1v) is 7.93. The first-order valence-electron chi connectivity index (χ1n) is 7.55. The number of nitriles is 1. The Bertz CT molecular complexity index is 606. The summed E-state index contributed by atoms with van der Waals surface area (Å²) in [5, 5.41) is 10.6. The minimum atomic E-state index is -0.173. The van der Waals surface area contributed by atoms with E-state index in [1.54, 1.807) is 0 Å². The number of ether oxygens (including phenoxy) is 1. The average molecular weight is 288 g/mol. The molecule has 3 aliphatic rings. The van der Waals surface area contributed by atoms with Gasteiger partial charge >= 0.3 is 0 Å². The van der Waals surface area contributed by atoms with Gasteiger partial charge in [0, 0.05) is 11.4 Å². The number of benzene rings is 1. The molecule has 4 rings (SSSR count). The predicted octanol–water partition coefficient (Wildman–Crippen LogP) is 4.15. The van der Waals surface area contributed by atoms with Gasteiger partial charge in [-0.05, 0) is 60.8 Å². The number of hydrogen-bond acceptors (Lipinski definition) is 2. The van der Waals surface area contributed by atoms with Crippen molar-refractivity contribution in [1.82, 2.24) is 0 Å². The Hall–Kier alpha value is -1.20. The largest absolute Gasteiger partial charge is 0.493 e. The molecule has 0 N–H and O–H groups in total. The molecule has 104 valence electrons. The quantitative estimate of drug-likeness (QED) is 0.819. The van der Waals surface area contributed by atoms with Crippen molar-refractivity contribution in [2.24, 2.45) is 17.3 Å². The van der Waals surface area contributed by atoms with E-state index in [1.807, 2.05) is 12.1 Å². The van der Waals surface area contributed by atoms with Crippen LogP contribution in [0.1, 0.15) is 36.8 Å². The summed E-state index contributed by atoms with van der Waals surface area (Å²) >= 11 is 6.24. The molecule has 2 bridgehead atoms. The molecule has 1 aromatic rings. The summed E-state index contributed by atoms with van der Waals surface area (Å²) in [6.45, 7) is 0.744. The van der Waals surface area contributed by atoms with Crippen LogP contribution in [0.25, 0.3) is 0 Å². The first kappa shape index (κ1) is 12.5. The van der Waals surface area contributed by atoms with Crippen molar-refractivity contribution in [2.75, 3.05) is 6.61 Å². The molecule has 3 unspecified atom stereocenters. The number of rotatable bonds is 2. The molecule has 2 saturated carbocycles. The molecule has 0 spiro atoms. The summed E-state index contributed by atoms with van der Waals surface area (Å²) in [6.07, 6.45) is 6.61. The second-order valence-electron chi connectivity index (χ2n) is 6.68. The van der Waals surface area contributed by atoms with E-state index in [2.05, 4.69) is 6.07 Å². The predicted molar refractivity (Wildman–Crippen MR) is 77.8 cm³/mol. The third kappa shape index (κ3) is 1.76. The Morgan fingerprint density at radius 1 is 1.40 bits per heavy atom. The number of halogens is 1. The lowest BCUT2D eigenvalue weighted by atomic mass is 9.70. The Kier molecular flexibility index (Phi) is 2.76. The van der Waals surface area contributed by atoms with Crippen LogP contribution in [0.15, 0.2) is 12.1 Å². The first-order chi connectivity index (χ1) is 9.70. The van der Waals surface area contributed by atoms with E-state index >= 15 is 0 Å². The maximum atomic E-state index is 9.79. The molecule has 0 aromatic heterocycles.